The van der Waals surface area contributed by atoms with E-state index >= 15 is 0 Å². The van der Waals surface area contributed by atoms with Gasteiger partial charge in [-0.1, -0.05) is 49.4 Å². The Morgan fingerprint density at radius 3 is 2.67 bits per heavy atom. The van der Waals surface area contributed by atoms with Crippen molar-refractivity contribution >= 4 is 10.8 Å². The lowest BCUT2D eigenvalue weighted by atomic mass is 10.0. The van der Waals surface area contributed by atoms with Gasteiger partial charge >= 0.3 is 0 Å². The third kappa shape index (κ3) is 2.98. The van der Waals surface area contributed by atoms with Crippen molar-refractivity contribution in [2.75, 3.05) is 0 Å². The topological polar surface area (TPSA) is 29.9 Å². The van der Waals surface area contributed by atoms with Gasteiger partial charge in [0.2, 0.25) is 0 Å². The quantitative estimate of drug-likeness (QED) is 0.775. The molecule has 3 heteroatoms. The van der Waals surface area contributed by atoms with Crippen LogP contribution >= 0.6 is 0 Å². The van der Waals surface area contributed by atoms with Crippen molar-refractivity contribution < 1.29 is 0 Å². The number of benzene rings is 2. The molecule has 1 N–H and O–H groups in total. The van der Waals surface area contributed by atoms with Crippen LogP contribution in [0.1, 0.15) is 23.9 Å². The van der Waals surface area contributed by atoms with Crippen LogP contribution in [-0.2, 0) is 26.6 Å². The number of fused-ring (bicyclic) bond motifs is 1. The van der Waals surface area contributed by atoms with Crippen molar-refractivity contribution in [1.82, 2.24) is 15.1 Å². The highest BCUT2D eigenvalue weighted by atomic mass is 15.3. The summed E-state index contributed by atoms with van der Waals surface area (Å²) in [6.45, 7) is 3.84. The molecule has 2 aromatic carbocycles. The molecule has 108 valence electrons. The molecule has 0 aliphatic heterocycles. The maximum absolute atomic E-state index is 4.48. The van der Waals surface area contributed by atoms with E-state index in [2.05, 4.69) is 65.9 Å². The normalized spacial score (nSPS) is 11.1. The van der Waals surface area contributed by atoms with Gasteiger partial charge in [-0.15, -0.1) is 0 Å². The monoisotopic (exact) mass is 279 g/mol. The van der Waals surface area contributed by atoms with Gasteiger partial charge < -0.3 is 5.32 Å². The number of nitrogens with zero attached hydrogens (tertiary/aromatic N) is 2. The van der Waals surface area contributed by atoms with Gasteiger partial charge in [-0.2, -0.15) is 5.10 Å². The average Bonchev–Trinajstić information content (AvgIpc) is 2.88. The summed E-state index contributed by atoms with van der Waals surface area (Å²) in [5.74, 6) is 0. The number of aromatic nitrogens is 2. The second kappa shape index (κ2) is 6.10. The Bertz CT molecular complexity index is 738. The molecular formula is C18H21N3. The Kier molecular flexibility index (Phi) is 4.02. The molecule has 0 saturated heterocycles. The first-order chi connectivity index (χ1) is 10.3. The predicted octanol–water partition coefficient (Wildman–Crippen LogP) is 3.43. The molecule has 0 amide bonds. The van der Waals surface area contributed by atoms with Crippen LogP contribution < -0.4 is 5.32 Å². The van der Waals surface area contributed by atoms with Crippen LogP contribution in [0.3, 0.4) is 0 Å². The number of nitrogens with one attached hydrogen (secondary N) is 1. The molecular weight excluding hydrogens is 258 g/mol. The Balaban J connectivity index is 1.70. The van der Waals surface area contributed by atoms with E-state index in [-0.39, 0.29) is 0 Å². The zero-order valence-corrected chi connectivity index (χ0v) is 12.6. The van der Waals surface area contributed by atoms with Crippen LogP contribution in [0.25, 0.3) is 10.8 Å². The van der Waals surface area contributed by atoms with E-state index in [1.165, 1.54) is 22.0 Å². The van der Waals surface area contributed by atoms with E-state index in [4.69, 9.17) is 0 Å². The molecule has 0 spiro atoms. The van der Waals surface area contributed by atoms with E-state index in [0.717, 1.165) is 25.2 Å². The summed E-state index contributed by atoms with van der Waals surface area (Å²) in [4.78, 5) is 0. The third-order valence-electron chi connectivity index (χ3n) is 3.89. The van der Waals surface area contributed by atoms with E-state index in [9.17, 15) is 0 Å². The first-order valence-electron chi connectivity index (χ1n) is 7.47. The molecule has 0 saturated carbocycles. The molecule has 21 heavy (non-hydrogen) atoms. The molecule has 0 unspecified atom stereocenters. The lowest BCUT2D eigenvalue weighted by Crippen LogP contribution is -2.15. The largest absolute Gasteiger partial charge is 0.307 e. The fourth-order valence-electron chi connectivity index (χ4n) is 2.68. The smallest absolute Gasteiger partial charge is 0.0625 e. The van der Waals surface area contributed by atoms with Gasteiger partial charge in [-0.25, -0.2) is 0 Å². The molecule has 0 atom stereocenters. The zero-order chi connectivity index (χ0) is 14.7. The lowest BCUT2D eigenvalue weighted by molar-refractivity contribution is 0.625. The van der Waals surface area contributed by atoms with Gasteiger partial charge in [-0.3, -0.25) is 4.68 Å². The van der Waals surface area contributed by atoms with Crippen molar-refractivity contribution in [3.8, 4) is 0 Å². The highest BCUT2D eigenvalue weighted by Gasteiger charge is 2.04. The zero-order valence-electron chi connectivity index (χ0n) is 12.6. The molecule has 0 aliphatic carbocycles. The van der Waals surface area contributed by atoms with Gasteiger partial charge in [0.15, 0.2) is 0 Å². The molecule has 0 radical (unpaired) electrons. The number of aryl methyl sites for hydroxylation is 2. The van der Waals surface area contributed by atoms with Crippen LogP contribution in [-0.4, -0.2) is 9.78 Å². The highest BCUT2D eigenvalue weighted by molar-refractivity contribution is 5.85. The Morgan fingerprint density at radius 1 is 1.05 bits per heavy atom. The molecule has 3 aromatic rings. The first kappa shape index (κ1) is 13.8. The van der Waals surface area contributed by atoms with Crippen molar-refractivity contribution in [3.05, 3.63) is 65.5 Å². The molecule has 0 fully saturated rings. The van der Waals surface area contributed by atoms with Crippen molar-refractivity contribution in [2.24, 2.45) is 7.05 Å². The van der Waals surface area contributed by atoms with E-state index in [0.29, 0.717) is 0 Å². The summed E-state index contributed by atoms with van der Waals surface area (Å²) >= 11 is 0. The van der Waals surface area contributed by atoms with Gasteiger partial charge in [0, 0.05) is 20.1 Å². The van der Waals surface area contributed by atoms with Crippen LogP contribution in [0.15, 0.2) is 48.5 Å². The summed E-state index contributed by atoms with van der Waals surface area (Å²) < 4.78 is 1.97. The van der Waals surface area contributed by atoms with Gasteiger partial charge in [0.05, 0.1) is 11.4 Å². The van der Waals surface area contributed by atoms with Crippen LogP contribution in [0.5, 0.6) is 0 Å². The number of hydrogen-bond donors (Lipinski definition) is 1. The third-order valence-corrected chi connectivity index (χ3v) is 3.89. The second-order valence-corrected chi connectivity index (χ2v) is 5.35. The minimum atomic E-state index is 0.840. The van der Waals surface area contributed by atoms with Crippen molar-refractivity contribution in [2.45, 2.75) is 26.4 Å². The van der Waals surface area contributed by atoms with Gasteiger partial charge in [0.1, 0.15) is 0 Å². The van der Waals surface area contributed by atoms with Gasteiger partial charge in [-0.05, 0) is 28.8 Å². The molecule has 1 heterocycles. The predicted molar refractivity (Wildman–Crippen MR) is 87.1 cm³/mol. The minimum Gasteiger partial charge on any atom is -0.307 e. The van der Waals surface area contributed by atoms with Crippen molar-refractivity contribution in [1.29, 1.82) is 0 Å². The van der Waals surface area contributed by atoms with Crippen LogP contribution in [0.2, 0.25) is 0 Å². The summed E-state index contributed by atoms with van der Waals surface area (Å²) in [6.07, 6.45) is 0.983. The molecule has 3 rings (SSSR count). The summed E-state index contributed by atoms with van der Waals surface area (Å²) in [7, 11) is 2.01. The number of hydrogen-bond acceptors (Lipinski definition) is 2. The molecule has 0 bridgehead atoms. The van der Waals surface area contributed by atoms with E-state index in [1.54, 1.807) is 0 Å². The van der Waals surface area contributed by atoms with Crippen LogP contribution in [0, 0.1) is 0 Å². The van der Waals surface area contributed by atoms with E-state index in [1.807, 2.05) is 11.7 Å². The van der Waals surface area contributed by atoms with Gasteiger partial charge in [0.25, 0.3) is 0 Å². The SMILES string of the molecule is CCc1cc(CNCc2cccc3ccccc23)n(C)n1. The molecule has 0 aliphatic rings. The summed E-state index contributed by atoms with van der Waals surface area (Å²) in [5, 5.41) is 10.6. The first-order valence-corrected chi connectivity index (χ1v) is 7.47. The minimum absolute atomic E-state index is 0.840. The number of rotatable bonds is 5. The second-order valence-electron chi connectivity index (χ2n) is 5.35. The fourth-order valence-corrected chi connectivity index (χ4v) is 2.68. The highest BCUT2D eigenvalue weighted by Crippen LogP contribution is 2.18. The fraction of sp³-hybridized carbons (Fsp3) is 0.278. The molecule has 3 nitrogen and oxygen atoms in total. The average molecular weight is 279 g/mol. The Hall–Kier alpha value is -2.13. The summed E-state index contributed by atoms with van der Waals surface area (Å²) in [5.41, 5.74) is 3.72. The maximum Gasteiger partial charge on any atom is 0.0625 e. The maximum atomic E-state index is 4.48. The standard InChI is InChI=1S/C18H21N3/c1-3-16-11-17(21(2)20-16)13-19-12-15-9-6-8-14-7-4-5-10-18(14)15/h4-11,19H,3,12-13H2,1-2H3. The molecule has 1 aromatic heterocycles. The van der Waals surface area contributed by atoms with Crippen LogP contribution in [0.4, 0.5) is 0 Å². The Morgan fingerprint density at radius 2 is 1.86 bits per heavy atom. The summed E-state index contributed by atoms with van der Waals surface area (Å²) in [6, 6.07) is 17.2. The van der Waals surface area contributed by atoms with E-state index < -0.39 is 0 Å². The lowest BCUT2D eigenvalue weighted by Gasteiger charge is -2.08. The Labute approximate surface area is 125 Å². The van der Waals surface area contributed by atoms with Crippen molar-refractivity contribution in [3.63, 3.8) is 0 Å².